The minimum absolute atomic E-state index is 0.0647. The molecule has 7 heteroatoms. The Morgan fingerprint density at radius 2 is 1.00 bits per heavy atom. The van der Waals surface area contributed by atoms with Crippen LogP contribution in [0.2, 0.25) is 0 Å². The van der Waals surface area contributed by atoms with E-state index in [1.54, 1.807) is 12.1 Å². The van der Waals surface area contributed by atoms with Gasteiger partial charge in [-0.3, -0.25) is 4.79 Å². The second-order valence-corrected chi connectivity index (χ2v) is 10.3. The Hall–Kier alpha value is -2.44. The number of urea groups is 1. The average Bonchev–Trinajstić information content (AvgIpc) is 2.92. The Labute approximate surface area is 231 Å². The summed E-state index contributed by atoms with van der Waals surface area (Å²) in [4.78, 5) is 23.7. The maximum atomic E-state index is 11.9. The van der Waals surface area contributed by atoms with Crippen molar-refractivity contribution in [2.24, 2.45) is 0 Å². The number of hydrogen-bond donors (Lipinski definition) is 4. The van der Waals surface area contributed by atoms with Gasteiger partial charge in [0.2, 0.25) is 0 Å². The van der Waals surface area contributed by atoms with Crippen molar-refractivity contribution in [1.82, 2.24) is 16.0 Å². The Morgan fingerprint density at radius 3 is 1.47 bits per heavy atom. The van der Waals surface area contributed by atoms with Gasteiger partial charge in [0.15, 0.2) is 6.61 Å². The lowest BCUT2D eigenvalue weighted by atomic mass is 10.0. The molecule has 7 nitrogen and oxygen atoms in total. The number of hydrogen-bond acceptors (Lipinski definition) is 4. The number of nitrogens with one attached hydrogen (secondary N) is 3. The van der Waals surface area contributed by atoms with E-state index in [4.69, 9.17) is 4.74 Å². The monoisotopic (exact) mass is 533 g/mol. The molecular weight excluding hydrogens is 478 g/mol. The molecule has 1 rings (SSSR count). The number of phenolic OH excluding ortho intramolecular Hbond substituents is 1. The van der Waals surface area contributed by atoms with Crippen LogP contribution in [-0.2, 0) is 4.79 Å². The van der Waals surface area contributed by atoms with Crippen LogP contribution in [0.5, 0.6) is 11.5 Å². The fourth-order valence-electron chi connectivity index (χ4n) is 4.36. The lowest BCUT2D eigenvalue weighted by molar-refractivity contribution is -0.123. The topological polar surface area (TPSA) is 99.7 Å². The van der Waals surface area contributed by atoms with Crippen molar-refractivity contribution < 1.29 is 19.4 Å². The van der Waals surface area contributed by atoms with Crippen LogP contribution in [0.15, 0.2) is 24.3 Å². The van der Waals surface area contributed by atoms with Gasteiger partial charge in [0, 0.05) is 19.6 Å². The summed E-state index contributed by atoms with van der Waals surface area (Å²) < 4.78 is 5.35. The molecule has 0 radical (unpaired) electrons. The second kappa shape index (κ2) is 24.9. The van der Waals surface area contributed by atoms with Crippen LogP contribution in [0.4, 0.5) is 4.79 Å². The van der Waals surface area contributed by atoms with Gasteiger partial charge in [0.1, 0.15) is 11.5 Å². The number of amides is 3. The fraction of sp³-hybridized carbons (Fsp3) is 0.742. The van der Waals surface area contributed by atoms with Crippen LogP contribution in [0.1, 0.15) is 122 Å². The van der Waals surface area contributed by atoms with Gasteiger partial charge >= 0.3 is 6.03 Å². The zero-order valence-corrected chi connectivity index (χ0v) is 24.0. The predicted octanol–water partition coefficient (Wildman–Crippen LogP) is 7.23. The SMILES string of the molecule is CCCCCCCCCCCCCCCCCCNC(=O)NCCCCNC(=O)COc1ccc(O)cc1. The largest absolute Gasteiger partial charge is 0.508 e. The van der Waals surface area contributed by atoms with E-state index in [2.05, 4.69) is 22.9 Å². The van der Waals surface area contributed by atoms with Crippen molar-refractivity contribution in [3.8, 4) is 11.5 Å². The number of carbonyl (C=O) groups is 2. The van der Waals surface area contributed by atoms with E-state index in [0.717, 1.165) is 25.8 Å². The molecule has 0 unspecified atom stereocenters. The molecule has 3 amide bonds. The van der Waals surface area contributed by atoms with E-state index >= 15 is 0 Å². The minimum atomic E-state index is -0.192. The highest BCUT2D eigenvalue weighted by atomic mass is 16.5. The van der Waals surface area contributed by atoms with Crippen LogP contribution < -0.4 is 20.7 Å². The van der Waals surface area contributed by atoms with Gasteiger partial charge in [-0.05, 0) is 43.5 Å². The summed E-state index contributed by atoms with van der Waals surface area (Å²) in [5.41, 5.74) is 0. The molecule has 0 saturated heterocycles. The normalized spacial score (nSPS) is 10.8. The van der Waals surface area contributed by atoms with E-state index in [9.17, 15) is 14.7 Å². The Balaban J connectivity index is 1.77. The van der Waals surface area contributed by atoms with E-state index in [1.807, 2.05) is 0 Å². The lowest BCUT2D eigenvalue weighted by Crippen LogP contribution is -2.36. The number of benzene rings is 1. The van der Waals surface area contributed by atoms with E-state index < -0.39 is 0 Å². The third-order valence-corrected chi connectivity index (χ3v) is 6.73. The number of ether oxygens (including phenoxy) is 1. The Bertz CT molecular complexity index is 697. The van der Waals surface area contributed by atoms with Gasteiger partial charge < -0.3 is 25.8 Å². The zero-order chi connectivity index (χ0) is 27.5. The standard InChI is InChI=1S/C31H55N3O4/c1-2-3-4-5-6-7-8-9-10-11-12-13-14-15-16-17-25-33-31(37)34-26-19-18-24-32-30(36)27-38-29-22-20-28(35)21-23-29/h20-23,35H,2-19,24-27H2,1H3,(H,32,36)(H2,33,34,37). The molecule has 0 fully saturated rings. The number of aromatic hydroxyl groups is 1. The fourth-order valence-corrected chi connectivity index (χ4v) is 4.36. The average molecular weight is 534 g/mol. The Kier molecular flexibility index (Phi) is 22.0. The molecule has 0 spiro atoms. The first-order chi connectivity index (χ1) is 18.6. The van der Waals surface area contributed by atoms with Crippen LogP contribution >= 0.6 is 0 Å². The van der Waals surface area contributed by atoms with Gasteiger partial charge in [0.25, 0.3) is 5.91 Å². The van der Waals surface area contributed by atoms with Gasteiger partial charge in [-0.25, -0.2) is 4.79 Å². The third kappa shape index (κ3) is 21.6. The summed E-state index contributed by atoms with van der Waals surface area (Å²) in [6.45, 7) is 4.06. The second-order valence-electron chi connectivity index (χ2n) is 10.3. The van der Waals surface area contributed by atoms with Crippen LogP contribution in [-0.4, -0.2) is 43.3 Å². The predicted molar refractivity (Wildman–Crippen MR) is 157 cm³/mol. The van der Waals surface area contributed by atoms with Gasteiger partial charge in [-0.2, -0.15) is 0 Å². The molecular formula is C31H55N3O4. The molecule has 1 aromatic rings. The van der Waals surface area contributed by atoms with Gasteiger partial charge in [-0.1, -0.05) is 103 Å². The first-order valence-corrected chi connectivity index (χ1v) is 15.3. The highest BCUT2D eigenvalue weighted by Gasteiger charge is 2.03. The molecule has 0 bridgehead atoms. The summed E-state index contributed by atoms with van der Waals surface area (Å²) in [7, 11) is 0. The molecule has 0 atom stereocenters. The maximum Gasteiger partial charge on any atom is 0.314 e. The summed E-state index contributed by atoms with van der Waals surface area (Å²) >= 11 is 0. The van der Waals surface area contributed by atoms with Gasteiger partial charge in [0.05, 0.1) is 0 Å². The van der Waals surface area contributed by atoms with E-state index in [-0.39, 0.29) is 24.3 Å². The highest BCUT2D eigenvalue weighted by Crippen LogP contribution is 2.16. The van der Waals surface area contributed by atoms with E-state index in [1.165, 1.54) is 108 Å². The molecule has 0 heterocycles. The van der Waals surface area contributed by atoms with Gasteiger partial charge in [-0.15, -0.1) is 0 Å². The number of rotatable bonds is 25. The first kappa shape index (κ1) is 33.6. The molecule has 1 aromatic carbocycles. The first-order valence-electron chi connectivity index (χ1n) is 15.3. The van der Waals surface area contributed by atoms with Crippen molar-refractivity contribution in [3.63, 3.8) is 0 Å². The molecule has 218 valence electrons. The van der Waals surface area contributed by atoms with Crippen molar-refractivity contribution in [3.05, 3.63) is 24.3 Å². The number of carbonyl (C=O) groups excluding carboxylic acids is 2. The highest BCUT2D eigenvalue weighted by molar-refractivity contribution is 5.77. The number of phenols is 1. The minimum Gasteiger partial charge on any atom is -0.508 e. The zero-order valence-electron chi connectivity index (χ0n) is 24.0. The van der Waals surface area contributed by atoms with Crippen LogP contribution in [0, 0.1) is 0 Å². The molecule has 0 aliphatic heterocycles. The van der Waals surface area contributed by atoms with Crippen LogP contribution in [0.3, 0.4) is 0 Å². The van der Waals surface area contributed by atoms with Crippen molar-refractivity contribution >= 4 is 11.9 Å². The van der Waals surface area contributed by atoms with Crippen molar-refractivity contribution in [2.45, 2.75) is 122 Å². The molecule has 0 aliphatic rings. The van der Waals surface area contributed by atoms with E-state index in [0.29, 0.717) is 18.8 Å². The lowest BCUT2D eigenvalue weighted by Gasteiger charge is -2.09. The molecule has 4 N–H and O–H groups in total. The molecule has 0 aliphatic carbocycles. The molecule has 0 aromatic heterocycles. The summed E-state index contributed by atoms with van der Waals surface area (Å²) in [6.07, 6.45) is 23.1. The quantitative estimate of drug-likeness (QED) is 0.0996. The van der Waals surface area contributed by atoms with Crippen LogP contribution in [0.25, 0.3) is 0 Å². The molecule has 38 heavy (non-hydrogen) atoms. The van der Waals surface area contributed by atoms with Crippen molar-refractivity contribution in [2.75, 3.05) is 26.2 Å². The Morgan fingerprint density at radius 1 is 0.605 bits per heavy atom. The van der Waals surface area contributed by atoms with Crippen molar-refractivity contribution in [1.29, 1.82) is 0 Å². The number of unbranched alkanes of at least 4 members (excludes halogenated alkanes) is 16. The summed E-state index contributed by atoms with van der Waals surface area (Å²) in [5.74, 6) is 0.500. The smallest absolute Gasteiger partial charge is 0.314 e. The summed E-state index contributed by atoms with van der Waals surface area (Å²) in [5, 5.41) is 17.8. The maximum absolute atomic E-state index is 11.9. The summed E-state index contributed by atoms with van der Waals surface area (Å²) in [6, 6.07) is 6.13. The third-order valence-electron chi connectivity index (χ3n) is 6.73. The molecule has 0 saturated carbocycles.